The molecule has 2 rings (SSSR count). The van der Waals surface area contributed by atoms with Gasteiger partial charge in [0.1, 0.15) is 6.04 Å². The quantitative estimate of drug-likeness (QED) is 0.411. The van der Waals surface area contributed by atoms with Crippen LogP contribution in [0.5, 0.6) is 0 Å². The van der Waals surface area contributed by atoms with Gasteiger partial charge in [0.2, 0.25) is 15.9 Å². The summed E-state index contributed by atoms with van der Waals surface area (Å²) in [7, 11) is -3.74. The molecule has 0 aliphatic carbocycles. The van der Waals surface area contributed by atoms with Crippen molar-refractivity contribution < 1.29 is 22.7 Å². The average Bonchev–Trinajstić information content (AvgIpc) is 2.72. The fourth-order valence-electron chi connectivity index (χ4n) is 2.96. The van der Waals surface area contributed by atoms with Crippen molar-refractivity contribution in [3.63, 3.8) is 0 Å². The smallest absolute Gasteiger partial charge is 0.338 e. The van der Waals surface area contributed by atoms with E-state index in [2.05, 4.69) is 5.32 Å². The maximum absolute atomic E-state index is 12.9. The van der Waals surface area contributed by atoms with Gasteiger partial charge in [-0.25, -0.2) is 13.2 Å². The van der Waals surface area contributed by atoms with Crippen LogP contribution in [0.1, 0.15) is 43.5 Å². The van der Waals surface area contributed by atoms with E-state index in [1.807, 2.05) is 6.92 Å². The fourth-order valence-corrected chi connectivity index (χ4v) is 4.29. The van der Waals surface area contributed by atoms with E-state index in [9.17, 15) is 18.0 Å². The second-order valence-electron chi connectivity index (χ2n) is 7.02. The molecule has 7 nitrogen and oxygen atoms in total. The predicted octanol–water partition coefficient (Wildman–Crippen LogP) is 4.48. The molecule has 0 heterocycles. The Balaban J connectivity index is 2.17. The lowest BCUT2D eigenvalue weighted by Gasteiger charge is -2.30. The summed E-state index contributed by atoms with van der Waals surface area (Å²) in [6, 6.07) is 11.5. The Morgan fingerprint density at radius 3 is 2.19 bits per heavy atom. The Hall–Kier alpha value is -2.58. The highest BCUT2D eigenvalue weighted by atomic mass is 35.5. The maximum Gasteiger partial charge on any atom is 0.338 e. The number of ether oxygens (including phenoxy) is 1. The molecule has 0 aliphatic heterocycles. The molecule has 2 aromatic rings. The van der Waals surface area contributed by atoms with E-state index in [0.29, 0.717) is 28.6 Å². The van der Waals surface area contributed by atoms with Gasteiger partial charge in [-0.2, -0.15) is 0 Å². The first-order valence-corrected chi connectivity index (χ1v) is 12.2. The van der Waals surface area contributed by atoms with Crippen LogP contribution in [-0.2, 0) is 19.6 Å². The third-order valence-corrected chi connectivity index (χ3v) is 5.96. The molecule has 9 heteroatoms. The van der Waals surface area contributed by atoms with Gasteiger partial charge in [0.05, 0.1) is 24.1 Å². The number of halogens is 1. The summed E-state index contributed by atoms with van der Waals surface area (Å²) in [6.45, 7) is 4.10. The zero-order valence-corrected chi connectivity index (χ0v) is 19.4. The van der Waals surface area contributed by atoms with Crippen LogP contribution in [0.15, 0.2) is 48.5 Å². The number of amides is 1. The van der Waals surface area contributed by atoms with E-state index < -0.39 is 27.9 Å². The summed E-state index contributed by atoms with van der Waals surface area (Å²) in [5.41, 5.74) is 1.16. The number of unbranched alkanes of at least 4 members (excludes halogenated alkanes) is 1. The van der Waals surface area contributed by atoms with Crippen molar-refractivity contribution in [1.82, 2.24) is 0 Å². The summed E-state index contributed by atoms with van der Waals surface area (Å²) < 4.78 is 31.2. The molecule has 0 radical (unpaired) electrons. The number of nitrogens with zero attached hydrogens (tertiary/aromatic N) is 1. The molecule has 0 spiro atoms. The topological polar surface area (TPSA) is 92.8 Å². The third kappa shape index (κ3) is 6.97. The molecule has 0 saturated carbocycles. The van der Waals surface area contributed by atoms with E-state index in [1.54, 1.807) is 55.5 Å². The van der Waals surface area contributed by atoms with Gasteiger partial charge in [-0.1, -0.05) is 31.9 Å². The van der Waals surface area contributed by atoms with E-state index in [4.69, 9.17) is 16.3 Å². The number of sulfonamides is 1. The SMILES string of the molecule is CCCCOC(=O)c1ccc(NC(=O)[C@@H](CC)N(c2ccc(Cl)cc2)S(C)(=O)=O)cc1. The zero-order chi connectivity index (χ0) is 23.0. The first kappa shape index (κ1) is 24.7. The summed E-state index contributed by atoms with van der Waals surface area (Å²) in [5, 5.41) is 3.18. The van der Waals surface area contributed by atoms with Gasteiger partial charge >= 0.3 is 5.97 Å². The van der Waals surface area contributed by atoms with Gasteiger partial charge in [0, 0.05) is 10.7 Å². The first-order chi connectivity index (χ1) is 14.7. The van der Waals surface area contributed by atoms with Crippen LogP contribution in [0.3, 0.4) is 0 Å². The van der Waals surface area contributed by atoms with Crippen LogP contribution in [0.4, 0.5) is 11.4 Å². The molecule has 1 atom stereocenters. The fraction of sp³-hybridized carbons (Fsp3) is 0.364. The Morgan fingerprint density at radius 1 is 1.06 bits per heavy atom. The van der Waals surface area contributed by atoms with Gasteiger partial charge in [0.25, 0.3) is 0 Å². The number of anilines is 2. The van der Waals surface area contributed by atoms with Crippen molar-refractivity contribution in [2.45, 2.75) is 39.2 Å². The molecule has 0 aromatic heterocycles. The molecule has 0 saturated heterocycles. The molecule has 1 N–H and O–H groups in total. The Labute approximate surface area is 188 Å². The number of hydrogen-bond acceptors (Lipinski definition) is 5. The van der Waals surface area contributed by atoms with Crippen molar-refractivity contribution in [1.29, 1.82) is 0 Å². The molecular formula is C22H27ClN2O5S. The van der Waals surface area contributed by atoms with Crippen LogP contribution in [0.2, 0.25) is 5.02 Å². The monoisotopic (exact) mass is 466 g/mol. The molecule has 31 heavy (non-hydrogen) atoms. The second-order valence-corrected chi connectivity index (χ2v) is 9.31. The van der Waals surface area contributed by atoms with Gasteiger partial charge in [0.15, 0.2) is 0 Å². The van der Waals surface area contributed by atoms with Gasteiger partial charge < -0.3 is 10.1 Å². The molecule has 0 aliphatic rings. The van der Waals surface area contributed by atoms with Crippen molar-refractivity contribution in [2.24, 2.45) is 0 Å². The van der Waals surface area contributed by atoms with Crippen molar-refractivity contribution in [2.75, 3.05) is 22.5 Å². The minimum atomic E-state index is -3.74. The van der Waals surface area contributed by atoms with E-state index in [1.165, 1.54) is 0 Å². The van der Waals surface area contributed by atoms with Crippen LogP contribution >= 0.6 is 11.6 Å². The minimum Gasteiger partial charge on any atom is -0.462 e. The predicted molar refractivity (Wildman–Crippen MR) is 123 cm³/mol. The summed E-state index contributed by atoms with van der Waals surface area (Å²) >= 11 is 5.90. The highest BCUT2D eigenvalue weighted by Crippen LogP contribution is 2.25. The standard InChI is InChI=1S/C22H27ClN2O5S/c1-4-6-15-30-22(27)16-7-11-18(12-8-16)24-21(26)20(5-2)25(31(3,28)29)19-13-9-17(23)10-14-19/h7-14,20H,4-6,15H2,1-3H3,(H,24,26)/t20-/m1/s1. The Kier molecular flexibility index (Phi) is 8.88. The largest absolute Gasteiger partial charge is 0.462 e. The van der Waals surface area contributed by atoms with Crippen molar-refractivity contribution >= 4 is 44.9 Å². The van der Waals surface area contributed by atoms with E-state index >= 15 is 0 Å². The molecular weight excluding hydrogens is 440 g/mol. The molecule has 0 bridgehead atoms. The first-order valence-electron chi connectivity index (χ1n) is 10.00. The van der Waals surface area contributed by atoms with Crippen molar-refractivity contribution in [3.05, 3.63) is 59.1 Å². The van der Waals surface area contributed by atoms with E-state index in [0.717, 1.165) is 23.4 Å². The summed E-state index contributed by atoms with van der Waals surface area (Å²) in [4.78, 5) is 24.9. The number of rotatable bonds is 10. The number of esters is 1. The third-order valence-electron chi connectivity index (χ3n) is 4.53. The molecule has 2 aromatic carbocycles. The minimum absolute atomic E-state index is 0.253. The lowest BCUT2D eigenvalue weighted by Crippen LogP contribution is -2.47. The van der Waals surface area contributed by atoms with Crippen LogP contribution in [-0.4, -0.2) is 39.2 Å². The molecule has 168 valence electrons. The van der Waals surface area contributed by atoms with Gasteiger partial charge in [-0.3, -0.25) is 9.10 Å². The number of benzene rings is 2. The van der Waals surface area contributed by atoms with E-state index in [-0.39, 0.29) is 6.42 Å². The summed E-state index contributed by atoms with van der Waals surface area (Å²) in [5.74, 6) is -0.912. The lowest BCUT2D eigenvalue weighted by molar-refractivity contribution is -0.117. The van der Waals surface area contributed by atoms with Gasteiger partial charge in [-0.15, -0.1) is 0 Å². The average molecular weight is 467 g/mol. The normalized spacial score (nSPS) is 12.1. The van der Waals surface area contributed by atoms with Gasteiger partial charge in [-0.05, 0) is 61.4 Å². The molecule has 0 unspecified atom stereocenters. The van der Waals surface area contributed by atoms with Crippen LogP contribution in [0.25, 0.3) is 0 Å². The number of carbonyl (C=O) groups excluding carboxylic acids is 2. The Morgan fingerprint density at radius 2 is 1.68 bits per heavy atom. The van der Waals surface area contributed by atoms with Crippen LogP contribution < -0.4 is 9.62 Å². The maximum atomic E-state index is 12.9. The molecule has 0 fully saturated rings. The highest BCUT2D eigenvalue weighted by Gasteiger charge is 2.31. The Bertz CT molecular complexity index is 992. The number of nitrogens with one attached hydrogen (secondary N) is 1. The highest BCUT2D eigenvalue weighted by molar-refractivity contribution is 7.92. The lowest BCUT2D eigenvalue weighted by atomic mass is 10.1. The zero-order valence-electron chi connectivity index (χ0n) is 17.8. The van der Waals surface area contributed by atoms with Crippen molar-refractivity contribution in [3.8, 4) is 0 Å². The molecule has 1 amide bonds. The van der Waals surface area contributed by atoms with Crippen LogP contribution in [0, 0.1) is 0 Å². The second kappa shape index (κ2) is 11.2. The number of carbonyl (C=O) groups is 2. The summed E-state index contributed by atoms with van der Waals surface area (Å²) in [6.07, 6.45) is 3.03. The number of hydrogen-bond donors (Lipinski definition) is 1.